The molecule has 0 spiro atoms. The van der Waals surface area contributed by atoms with Crippen molar-refractivity contribution < 1.29 is 32.9 Å². The van der Waals surface area contributed by atoms with Gasteiger partial charge < -0.3 is 19.5 Å². The highest BCUT2D eigenvalue weighted by molar-refractivity contribution is 6.32. The van der Waals surface area contributed by atoms with Gasteiger partial charge in [-0.2, -0.15) is 13.2 Å². The first-order valence-corrected chi connectivity index (χ1v) is 12.6. The van der Waals surface area contributed by atoms with Crippen molar-refractivity contribution in [3.8, 4) is 17.0 Å². The van der Waals surface area contributed by atoms with Crippen LogP contribution in [0.25, 0.3) is 11.3 Å². The average molecular weight is 553 g/mol. The van der Waals surface area contributed by atoms with Crippen molar-refractivity contribution in [2.45, 2.75) is 57.9 Å². The van der Waals surface area contributed by atoms with Gasteiger partial charge in [-0.3, -0.25) is 4.79 Å². The number of aliphatic hydroxyl groups excluding tert-OH is 1. The van der Waals surface area contributed by atoms with Gasteiger partial charge in [0.1, 0.15) is 17.2 Å². The van der Waals surface area contributed by atoms with Gasteiger partial charge in [0.25, 0.3) is 0 Å². The normalized spacial score (nSPS) is 13.8. The van der Waals surface area contributed by atoms with Crippen LogP contribution >= 0.6 is 11.6 Å². The lowest BCUT2D eigenvalue weighted by Gasteiger charge is -2.19. The Hall–Kier alpha value is -2.88. The zero-order chi connectivity index (χ0) is 28.3. The molecule has 10 heteroatoms. The molecule has 2 atom stereocenters. The first-order chi connectivity index (χ1) is 17.7. The third kappa shape index (κ3) is 7.58. The second-order valence-electron chi connectivity index (χ2n) is 9.97. The summed E-state index contributed by atoms with van der Waals surface area (Å²) in [5, 5.41) is 19.7. The molecular weight excluding hydrogens is 521 g/mol. The Kier molecular flexibility index (Phi) is 9.28. The third-order valence-corrected chi connectivity index (χ3v) is 6.52. The van der Waals surface area contributed by atoms with Crippen LogP contribution < -0.4 is 4.74 Å². The summed E-state index contributed by atoms with van der Waals surface area (Å²) in [7, 11) is 1.82. The van der Waals surface area contributed by atoms with Gasteiger partial charge in [-0.1, -0.05) is 35.9 Å². The molecule has 38 heavy (non-hydrogen) atoms. The molecule has 2 aromatic carbocycles. The molecule has 0 bridgehead atoms. The Morgan fingerprint density at radius 3 is 2.34 bits per heavy atom. The summed E-state index contributed by atoms with van der Waals surface area (Å²) in [5.74, 6) is 0.00949. The fraction of sp³-hybridized carbons (Fsp3) is 0.429. The quantitative estimate of drug-likeness (QED) is 0.280. The van der Waals surface area contributed by atoms with Crippen LogP contribution in [0.1, 0.15) is 55.4 Å². The second kappa shape index (κ2) is 11.9. The van der Waals surface area contributed by atoms with Crippen LogP contribution in [0.15, 0.2) is 48.7 Å². The monoisotopic (exact) mass is 552 g/mol. The van der Waals surface area contributed by atoms with Gasteiger partial charge >= 0.3 is 6.18 Å². The molecule has 6 nitrogen and oxygen atoms in total. The van der Waals surface area contributed by atoms with Crippen LogP contribution in [0.2, 0.25) is 5.02 Å². The van der Waals surface area contributed by atoms with Gasteiger partial charge in [-0.05, 0) is 63.3 Å². The van der Waals surface area contributed by atoms with E-state index in [9.17, 15) is 28.2 Å². The van der Waals surface area contributed by atoms with E-state index in [1.165, 1.54) is 18.2 Å². The third-order valence-electron chi connectivity index (χ3n) is 6.23. The number of rotatable bonds is 11. The molecule has 206 valence electrons. The minimum atomic E-state index is -4.54. The molecule has 1 aromatic heterocycles. The van der Waals surface area contributed by atoms with E-state index in [-0.39, 0.29) is 41.1 Å². The number of hydrogen-bond acceptors (Lipinski definition) is 5. The van der Waals surface area contributed by atoms with E-state index < -0.39 is 17.9 Å². The topological polar surface area (TPSA) is 84.6 Å². The highest BCUT2D eigenvalue weighted by Gasteiger charge is 2.38. The van der Waals surface area contributed by atoms with Gasteiger partial charge in [0.2, 0.25) is 0 Å². The molecule has 0 aliphatic heterocycles. The van der Waals surface area contributed by atoms with E-state index in [0.29, 0.717) is 18.7 Å². The van der Waals surface area contributed by atoms with E-state index in [2.05, 4.69) is 4.98 Å². The van der Waals surface area contributed by atoms with Gasteiger partial charge in [-0.25, -0.2) is 4.98 Å². The van der Waals surface area contributed by atoms with E-state index in [1.807, 2.05) is 37.5 Å². The number of carbonyl (C=O) groups excluding carboxylic acids is 1. The summed E-state index contributed by atoms with van der Waals surface area (Å²) in [4.78, 5) is 17.5. The molecule has 0 aliphatic rings. The van der Waals surface area contributed by atoms with Crippen molar-refractivity contribution in [2.75, 3.05) is 6.61 Å². The zero-order valence-electron chi connectivity index (χ0n) is 21.7. The first-order valence-electron chi connectivity index (χ1n) is 12.2. The lowest BCUT2D eigenvalue weighted by molar-refractivity contribution is -0.189. The molecule has 0 fully saturated rings. The summed E-state index contributed by atoms with van der Waals surface area (Å²) < 4.78 is 45.0. The number of carbonyl (C=O) groups is 1. The maximum Gasteiger partial charge on any atom is 0.425 e. The van der Waals surface area contributed by atoms with Crippen LogP contribution in [0, 0.1) is 5.92 Å². The minimum absolute atomic E-state index is 0.0801. The molecule has 0 saturated carbocycles. The lowest BCUT2D eigenvalue weighted by atomic mass is 9.89. The van der Waals surface area contributed by atoms with Crippen LogP contribution in [0.3, 0.4) is 0 Å². The summed E-state index contributed by atoms with van der Waals surface area (Å²) in [6.45, 7) is 4.14. The van der Waals surface area contributed by atoms with E-state index >= 15 is 0 Å². The Morgan fingerprint density at radius 1 is 1.16 bits per heavy atom. The Labute approximate surface area is 225 Å². The number of hydrogen-bond donors (Lipinski definition) is 2. The number of halogens is 4. The fourth-order valence-electron chi connectivity index (χ4n) is 4.18. The first kappa shape index (κ1) is 29.7. The smallest absolute Gasteiger partial charge is 0.425 e. The van der Waals surface area contributed by atoms with Crippen molar-refractivity contribution in [1.82, 2.24) is 9.55 Å². The standard InChI is InChI=1S/C28H32ClF3N2O4/c1-17(28(30,31)32)38-25-10-9-21(15-22(25)29)24(36)14-19(11-12-35)13-18-5-7-20(8-6-18)23-16-34(4)26(33-23)27(2,3)37/h5-10,15-17,19,35,37H,11-14H2,1-4H3/t17?,19-/m1/s1. The van der Waals surface area contributed by atoms with E-state index in [4.69, 9.17) is 16.3 Å². The molecule has 1 unspecified atom stereocenters. The molecule has 0 amide bonds. The molecule has 1 heterocycles. The number of imidazole rings is 1. The van der Waals surface area contributed by atoms with Crippen molar-refractivity contribution in [3.63, 3.8) is 0 Å². The van der Waals surface area contributed by atoms with Crippen LogP contribution in [0.5, 0.6) is 5.75 Å². The number of nitrogens with zero attached hydrogens (tertiary/aromatic N) is 2. The summed E-state index contributed by atoms with van der Waals surface area (Å²) >= 11 is 6.09. The van der Waals surface area contributed by atoms with Gasteiger partial charge in [0.05, 0.1) is 10.7 Å². The summed E-state index contributed by atoms with van der Waals surface area (Å²) in [6.07, 6.45) is -3.65. The number of ketones is 1. The molecule has 3 aromatic rings. The average Bonchev–Trinajstić information content (AvgIpc) is 3.22. The minimum Gasteiger partial charge on any atom is -0.480 e. The predicted octanol–water partition coefficient (Wildman–Crippen LogP) is 6.11. The molecule has 0 saturated heterocycles. The number of ether oxygens (including phenoxy) is 1. The van der Waals surface area contributed by atoms with Gasteiger partial charge in [-0.15, -0.1) is 0 Å². The number of benzene rings is 2. The Balaban J connectivity index is 1.68. The molecule has 2 N–H and O–H groups in total. The van der Waals surface area contributed by atoms with Crippen molar-refractivity contribution in [2.24, 2.45) is 13.0 Å². The highest BCUT2D eigenvalue weighted by atomic mass is 35.5. The SMILES string of the molecule is CC(Oc1ccc(C(=O)C[C@H](CCO)Cc2ccc(-c3cn(C)c(C(C)(C)O)n3)cc2)cc1Cl)C(F)(F)F. The number of aryl methyl sites for hydroxylation is 1. The molecule has 0 aliphatic carbocycles. The highest BCUT2D eigenvalue weighted by Crippen LogP contribution is 2.32. The number of aliphatic hydroxyl groups is 2. The zero-order valence-corrected chi connectivity index (χ0v) is 22.5. The van der Waals surface area contributed by atoms with E-state index in [0.717, 1.165) is 23.7 Å². The number of aromatic nitrogens is 2. The Bertz CT molecular complexity index is 1250. The maximum absolute atomic E-state index is 12.9. The second-order valence-corrected chi connectivity index (χ2v) is 10.4. The molecule has 3 rings (SSSR count). The maximum atomic E-state index is 12.9. The van der Waals surface area contributed by atoms with Gasteiger partial charge in [0.15, 0.2) is 11.9 Å². The largest absolute Gasteiger partial charge is 0.480 e. The van der Waals surface area contributed by atoms with Crippen molar-refractivity contribution in [1.29, 1.82) is 0 Å². The van der Waals surface area contributed by atoms with Crippen LogP contribution in [-0.4, -0.2) is 44.4 Å². The van der Waals surface area contributed by atoms with Crippen molar-refractivity contribution in [3.05, 3.63) is 70.6 Å². The Morgan fingerprint density at radius 2 is 1.82 bits per heavy atom. The van der Waals surface area contributed by atoms with Crippen LogP contribution in [-0.2, 0) is 19.1 Å². The summed E-state index contributed by atoms with van der Waals surface area (Å²) in [5.41, 5.74) is 1.77. The number of alkyl halides is 3. The lowest BCUT2D eigenvalue weighted by Crippen LogP contribution is -2.31. The van der Waals surface area contributed by atoms with Gasteiger partial charge in [0, 0.05) is 37.4 Å². The van der Waals surface area contributed by atoms with E-state index in [1.54, 1.807) is 18.4 Å². The molecule has 0 radical (unpaired) electrons. The predicted molar refractivity (Wildman–Crippen MR) is 139 cm³/mol. The van der Waals surface area contributed by atoms with Crippen LogP contribution in [0.4, 0.5) is 13.2 Å². The number of Topliss-reactive ketones (excluding diaryl/α,β-unsaturated/α-hetero) is 1. The molecular formula is C28H32ClF3N2O4. The summed E-state index contributed by atoms with van der Waals surface area (Å²) in [6, 6.07) is 11.7. The van der Waals surface area contributed by atoms with Crippen molar-refractivity contribution >= 4 is 17.4 Å². The fourth-order valence-corrected chi connectivity index (χ4v) is 4.41.